The van der Waals surface area contributed by atoms with Gasteiger partial charge >= 0.3 is 0 Å². The summed E-state index contributed by atoms with van der Waals surface area (Å²) in [5.41, 5.74) is 7.06. The summed E-state index contributed by atoms with van der Waals surface area (Å²) in [4.78, 5) is 1.33. The Hall–Kier alpha value is -0.710. The molecule has 1 unspecified atom stereocenters. The van der Waals surface area contributed by atoms with Crippen LogP contribution >= 0.6 is 27.3 Å². The fourth-order valence-electron chi connectivity index (χ4n) is 1.66. The van der Waals surface area contributed by atoms with Crippen molar-refractivity contribution in [3.05, 3.63) is 56.4 Å². The lowest BCUT2D eigenvalue weighted by molar-refractivity contribution is 0.613. The van der Waals surface area contributed by atoms with E-state index in [1.54, 1.807) is 23.5 Å². The van der Waals surface area contributed by atoms with Crippen molar-refractivity contribution < 1.29 is 4.39 Å². The molecular weight excluding hydrogens is 301 g/mol. The molecule has 1 atom stereocenters. The Bertz CT molecular complexity index is 484. The molecule has 0 bridgehead atoms. The molecule has 4 heteroatoms. The predicted molar refractivity (Wildman–Crippen MR) is 73.7 cm³/mol. The minimum absolute atomic E-state index is 0.0472. The highest BCUT2D eigenvalue weighted by atomic mass is 79.9. The Morgan fingerprint density at radius 3 is 2.82 bits per heavy atom. The fraction of sp³-hybridized carbons (Fsp3) is 0.231. The van der Waals surface area contributed by atoms with Crippen LogP contribution in [0, 0.1) is 5.82 Å². The Morgan fingerprint density at radius 1 is 1.35 bits per heavy atom. The van der Waals surface area contributed by atoms with Crippen LogP contribution in [0.2, 0.25) is 0 Å². The molecule has 1 heterocycles. The molecule has 0 saturated carbocycles. The Kier molecular flexibility index (Phi) is 4.31. The summed E-state index contributed by atoms with van der Waals surface area (Å²) in [6, 6.07) is 9.06. The van der Waals surface area contributed by atoms with Gasteiger partial charge < -0.3 is 5.73 Å². The molecule has 17 heavy (non-hydrogen) atoms. The first kappa shape index (κ1) is 12.7. The minimum atomic E-state index is -0.251. The van der Waals surface area contributed by atoms with Gasteiger partial charge in [0.1, 0.15) is 5.82 Å². The number of benzene rings is 1. The zero-order valence-corrected chi connectivity index (χ0v) is 11.6. The van der Waals surface area contributed by atoms with Crippen LogP contribution in [0.1, 0.15) is 22.9 Å². The Morgan fingerprint density at radius 2 is 2.18 bits per heavy atom. The van der Waals surface area contributed by atoms with Crippen LogP contribution in [0.15, 0.2) is 40.2 Å². The van der Waals surface area contributed by atoms with Crippen molar-refractivity contribution in [2.24, 2.45) is 5.73 Å². The van der Waals surface area contributed by atoms with Crippen LogP contribution in [0.25, 0.3) is 0 Å². The van der Waals surface area contributed by atoms with Gasteiger partial charge in [0.2, 0.25) is 0 Å². The minimum Gasteiger partial charge on any atom is -0.324 e. The molecule has 0 spiro atoms. The molecule has 0 amide bonds. The second-order valence-corrected chi connectivity index (χ2v) is 5.78. The van der Waals surface area contributed by atoms with Gasteiger partial charge in [-0.25, -0.2) is 4.39 Å². The van der Waals surface area contributed by atoms with E-state index >= 15 is 0 Å². The third kappa shape index (κ3) is 3.37. The lowest BCUT2D eigenvalue weighted by Crippen LogP contribution is -2.11. The van der Waals surface area contributed by atoms with Gasteiger partial charge in [-0.3, -0.25) is 0 Å². The van der Waals surface area contributed by atoms with Crippen molar-refractivity contribution in [2.75, 3.05) is 0 Å². The summed E-state index contributed by atoms with van der Waals surface area (Å²) >= 11 is 4.92. The zero-order chi connectivity index (χ0) is 12.3. The summed E-state index contributed by atoms with van der Waals surface area (Å²) in [7, 11) is 0. The maximum absolute atomic E-state index is 13.1. The number of thiophene rings is 1. The van der Waals surface area contributed by atoms with Crippen molar-refractivity contribution >= 4 is 27.3 Å². The summed E-state index contributed by atoms with van der Waals surface area (Å²) in [6.07, 6.45) is 1.84. The SMILES string of the molecule is NC(CCc1cccs1)c1ccc(F)c(Br)c1. The highest BCUT2D eigenvalue weighted by molar-refractivity contribution is 9.10. The molecule has 0 aliphatic heterocycles. The normalized spacial score (nSPS) is 12.6. The van der Waals surface area contributed by atoms with Gasteiger partial charge in [-0.05, 0) is 57.9 Å². The highest BCUT2D eigenvalue weighted by Crippen LogP contribution is 2.23. The molecule has 1 nitrogen and oxygen atoms in total. The molecule has 2 N–H and O–H groups in total. The summed E-state index contributed by atoms with van der Waals surface area (Å²) < 4.78 is 13.6. The first-order chi connectivity index (χ1) is 8.16. The van der Waals surface area contributed by atoms with Gasteiger partial charge in [0.15, 0.2) is 0 Å². The number of rotatable bonds is 4. The molecule has 90 valence electrons. The third-order valence-corrected chi connectivity index (χ3v) is 4.20. The van der Waals surface area contributed by atoms with Crippen molar-refractivity contribution in [3.63, 3.8) is 0 Å². The third-order valence-electron chi connectivity index (χ3n) is 2.65. The number of hydrogen-bond donors (Lipinski definition) is 1. The van der Waals surface area contributed by atoms with E-state index in [1.807, 2.05) is 6.07 Å². The van der Waals surface area contributed by atoms with Gasteiger partial charge in [-0.1, -0.05) is 12.1 Å². The number of nitrogens with two attached hydrogens (primary N) is 1. The lowest BCUT2D eigenvalue weighted by atomic mass is 10.0. The van der Waals surface area contributed by atoms with Crippen LogP contribution in [0.5, 0.6) is 0 Å². The smallest absolute Gasteiger partial charge is 0.137 e. The zero-order valence-electron chi connectivity index (χ0n) is 9.20. The average Bonchev–Trinajstić information content (AvgIpc) is 2.82. The fourth-order valence-corrected chi connectivity index (χ4v) is 2.78. The van der Waals surface area contributed by atoms with Gasteiger partial charge in [0.05, 0.1) is 4.47 Å². The van der Waals surface area contributed by atoms with Crippen molar-refractivity contribution in [1.82, 2.24) is 0 Å². The standard InChI is InChI=1S/C13H13BrFNS/c14-11-8-9(3-5-12(11)15)13(16)6-4-10-2-1-7-17-10/h1-3,5,7-8,13H,4,6,16H2. The van der Waals surface area contributed by atoms with E-state index in [2.05, 4.69) is 27.4 Å². The lowest BCUT2D eigenvalue weighted by Gasteiger charge is -2.12. The first-order valence-electron chi connectivity index (χ1n) is 5.39. The monoisotopic (exact) mass is 313 g/mol. The molecule has 0 saturated heterocycles. The average molecular weight is 314 g/mol. The van der Waals surface area contributed by atoms with Gasteiger partial charge in [0.25, 0.3) is 0 Å². The van der Waals surface area contributed by atoms with Crippen LogP contribution in [0.4, 0.5) is 4.39 Å². The molecule has 2 aromatic rings. The molecule has 1 aromatic heterocycles. The molecule has 0 aliphatic rings. The van der Waals surface area contributed by atoms with E-state index in [0.29, 0.717) is 4.47 Å². The van der Waals surface area contributed by atoms with Gasteiger partial charge in [-0.15, -0.1) is 11.3 Å². The summed E-state index contributed by atoms with van der Waals surface area (Å²) in [5.74, 6) is -0.251. The van der Waals surface area contributed by atoms with Crippen molar-refractivity contribution in [3.8, 4) is 0 Å². The molecule has 0 fully saturated rings. The van der Waals surface area contributed by atoms with E-state index in [1.165, 1.54) is 10.9 Å². The maximum Gasteiger partial charge on any atom is 0.137 e. The predicted octanol–water partition coefficient (Wildman–Crippen LogP) is 4.28. The maximum atomic E-state index is 13.1. The van der Waals surface area contributed by atoms with E-state index in [4.69, 9.17) is 5.73 Å². The number of aryl methyl sites for hydroxylation is 1. The molecular formula is C13H13BrFNS. The van der Waals surface area contributed by atoms with Crippen LogP contribution in [-0.4, -0.2) is 0 Å². The molecule has 0 radical (unpaired) electrons. The Labute approximate surface area is 113 Å². The van der Waals surface area contributed by atoms with E-state index in [9.17, 15) is 4.39 Å². The van der Waals surface area contributed by atoms with Gasteiger partial charge in [-0.2, -0.15) is 0 Å². The second-order valence-electron chi connectivity index (χ2n) is 3.90. The quantitative estimate of drug-likeness (QED) is 0.895. The van der Waals surface area contributed by atoms with Crippen molar-refractivity contribution in [2.45, 2.75) is 18.9 Å². The van der Waals surface area contributed by atoms with E-state index in [0.717, 1.165) is 18.4 Å². The molecule has 1 aromatic carbocycles. The number of halogens is 2. The number of hydrogen-bond acceptors (Lipinski definition) is 2. The first-order valence-corrected chi connectivity index (χ1v) is 7.07. The van der Waals surface area contributed by atoms with Crippen LogP contribution in [0.3, 0.4) is 0 Å². The molecule has 0 aliphatic carbocycles. The van der Waals surface area contributed by atoms with E-state index < -0.39 is 0 Å². The summed E-state index contributed by atoms with van der Waals surface area (Å²) in [5, 5.41) is 2.06. The molecule has 2 rings (SSSR count). The van der Waals surface area contributed by atoms with Crippen molar-refractivity contribution in [1.29, 1.82) is 0 Å². The van der Waals surface area contributed by atoms with Gasteiger partial charge in [0, 0.05) is 10.9 Å². The topological polar surface area (TPSA) is 26.0 Å². The second kappa shape index (κ2) is 5.76. The summed E-state index contributed by atoms with van der Waals surface area (Å²) in [6.45, 7) is 0. The highest BCUT2D eigenvalue weighted by Gasteiger charge is 2.09. The largest absolute Gasteiger partial charge is 0.324 e. The van der Waals surface area contributed by atoms with E-state index in [-0.39, 0.29) is 11.9 Å². The van der Waals surface area contributed by atoms with Crippen LogP contribution in [-0.2, 0) is 6.42 Å². The Balaban J connectivity index is 1.99. The van der Waals surface area contributed by atoms with Crippen LogP contribution < -0.4 is 5.73 Å².